The second kappa shape index (κ2) is 16.4. The maximum Gasteiger partial charge on any atom is 0.264 e. The van der Waals surface area contributed by atoms with Gasteiger partial charge in [-0.05, 0) is 91.7 Å². The molecular weight excluding hydrogens is 641 g/mol. The standard InChI is InChI=1S/C32H39Cl2N3O5S2/c1-6-30(32(39)35-19-22(3)4)36(20-23-8-17-28(33)29(34)18-23)31(38)21-37(24-9-11-25(12-10-24)42-7-2)44(40,41)27-15-13-26(43-5)14-16-27/h8-18,22,30H,6-7,19-21H2,1-5H3,(H,35,39). The van der Waals surface area contributed by atoms with Gasteiger partial charge in [-0.15, -0.1) is 11.8 Å². The molecular formula is C32H39Cl2N3O5S2. The van der Waals surface area contributed by atoms with Gasteiger partial charge in [0.25, 0.3) is 10.0 Å². The van der Waals surface area contributed by atoms with Crippen LogP contribution in [0.4, 0.5) is 5.69 Å². The van der Waals surface area contributed by atoms with E-state index in [0.717, 1.165) is 9.20 Å². The molecule has 3 aromatic rings. The van der Waals surface area contributed by atoms with Gasteiger partial charge in [-0.25, -0.2) is 8.42 Å². The van der Waals surface area contributed by atoms with Crippen LogP contribution in [-0.2, 0) is 26.2 Å². The highest BCUT2D eigenvalue weighted by Gasteiger charge is 2.34. The van der Waals surface area contributed by atoms with Crippen molar-refractivity contribution >= 4 is 62.5 Å². The van der Waals surface area contributed by atoms with Gasteiger partial charge < -0.3 is 15.0 Å². The summed E-state index contributed by atoms with van der Waals surface area (Å²) in [6.07, 6.45) is 2.21. The van der Waals surface area contributed by atoms with Gasteiger partial charge in [0, 0.05) is 18.0 Å². The molecule has 0 saturated carbocycles. The number of benzene rings is 3. The molecule has 44 heavy (non-hydrogen) atoms. The highest BCUT2D eigenvalue weighted by Crippen LogP contribution is 2.29. The minimum atomic E-state index is -4.20. The zero-order valence-electron chi connectivity index (χ0n) is 25.5. The van der Waals surface area contributed by atoms with Crippen LogP contribution >= 0.6 is 35.0 Å². The van der Waals surface area contributed by atoms with Gasteiger partial charge in [0.1, 0.15) is 18.3 Å². The zero-order valence-corrected chi connectivity index (χ0v) is 28.7. The fraction of sp³-hybridized carbons (Fsp3) is 0.375. The number of anilines is 1. The van der Waals surface area contributed by atoms with Crippen LogP contribution in [-0.4, -0.2) is 57.1 Å². The van der Waals surface area contributed by atoms with Crippen molar-refractivity contribution in [3.63, 3.8) is 0 Å². The molecule has 0 aliphatic carbocycles. The number of amides is 2. The Balaban J connectivity index is 2.07. The van der Waals surface area contributed by atoms with Crippen LogP contribution in [0.25, 0.3) is 0 Å². The van der Waals surface area contributed by atoms with Crippen LogP contribution < -0.4 is 14.4 Å². The lowest BCUT2D eigenvalue weighted by Gasteiger charge is -2.33. The molecule has 238 valence electrons. The Bertz CT molecular complexity index is 1520. The lowest BCUT2D eigenvalue weighted by molar-refractivity contribution is -0.140. The minimum absolute atomic E-state index is 0.0168. The van der Waals surface area contributed by atoms with E-state index in [9.17, 15) is 18.0 Å². The molecule has 3 aromatic carbocycles. The maximum absolute atomic E-state index is 14.2. The predicted molar refractivity (Wildman–Crippen MR) is 179 cm³/mol. The first-order valence-corrected chi connectivity index (χ1v) is 17.7. The van der Waals surface area contributed by atoms with E-state index in [1.165, 1.54) is 28.8 Å². The van der Waals surface area contributed by atoms with Crippen LogP contribution in [0, 0.1) is 5.92 Å². The minimum Gasteiger partial charge on any atom is -0.494 e. The molecule has 0 aliphatic heterocycles. The van der Waals surface area contributed by atoms with Crippen molar-refractivity contribution in [2.75, 3.05) is 30.3 Å². The first kappa shape index (κ1) is 35.6. The molecule has 0 heterocycles. The number of ether oxygens (including phenoxy) is 1. The van der Waals surface area contributed by atoms with E-state index in [2.05, 4.69) is 5.32 Å². The average molecular weight is 681 g/mol. The van der Waals surface area contributed by atoms with E-state index in [0.29, 0.717) is 40.9 Å². The fourth-order valence-corrected chi connectivity index (χ4v) is 6.60. The quantitative estimate of drug-likeness (QED) is 0.176. The van der Waals surface area contributed by atoms with Crippen molar-refractivity contribution in [1.29, 1.82) is 0 Å². The van der Waals surface area contributed by atoms with Crippen molar-refractivity contribution in [3.05, 3.63) is 82.3 Å². The summed E-state index contributed by atoms with van der Waals surface area (Å²) in [7, 11) is -4.20. The molecule has 1 unspecified atom stereocenters. The zero-order chi connectivity index (χ0) is 32.4. The van der Waals surface area contributed by atoms with Gasteiger partial charge in [-0.1, -0.05) is 50.0 Å². The van der Waals surface area contributed by atoms with Crippen molar-refractivity contribution < 1.29 is 22.7 Å². The third-order valence-electron chi connectivity index (χ3n) is 6.77. The summed E-state index contributed by atoms with van der Waals surface area (Å²) in [6, 6.07) is 17.1. The summed E-state index contributed by atoms with van der Waals surface area (Å²) in [4.78, 5) is 29.9. The number of carbonyl (C=O) groups excluding carboxylic acids is 2. The van der Waals surface area contributed by atoms with Gasteiger partial charge in [0.2, 0.25) is 11.8 Å². The lowest BCUT2D eigenvalue weighted by atomic mass is 10.1. The molecule has 0 fully saturated rings. The topological polar surface area (TPSA) is 96.0 Å². The van der Waals surface area contributed by atoms with Gasteiger partial charge in [0.15, 0.2) is 0 Å². The Morgan fingerprint density at radius 1 is 0.955 bits per heavy atom. The summed E-state index contributed by atoms with van der Waals surface area (Å²) in [5.74, 6) is -0.106. The Labute approximate surface area is 275 Å². The number of halogens is 2. The second-order valence-electron chi connectivity index (χ2n) is 10.4. The number of nitrogens with zero attached hydrogens (tertiary/aromatic N) is 2. The molecule has 0 aliphatic rings. The Morgan fingerprint density at radius 3 is 2.16 bits per heavy atom. The normalized spacial score (nSPS) is 12.1. The molecule has 0 spiro atoms. The summed E-state index contributed by atoms with van der Waals surface area (Å²) >= 11 is 13.9. The summed E-state index contributed by atoms with van der Waals surface area (Å²) in [5.41, 5.74) is 0.925. The Kier molecular flexibility index (Phi) is 13.3. The van der Waals surface area contributed by atoms with Crippen LogP contribution in [0.2, 0.25) is 10.0 Å². The molecule has 1 N–H and O–H groups in total. The van der Waals surface area contributed by atoms with Crippen LogP contribution in [0.1, 0.15) is 39.7 Å². The third kappa shape index (κ3) is 9.30. The van der Waals surface area contributed by atoms with Gasteiger partial charge >= 0.3 is 0 Å². The molecule has 1 atom stereocenters. The molecule has 0 radical (unpaired) electrons. The molecule has 0 saturated heterocycles. The number of carbonyl (C=O) groups is 2. The van der Waals surface area contributed by atoms with E-state index in [-0.39, 0.29) is 29.0 Å². The van der Waals surface area contributed by atoms with E-state index in [1.807, 2.05) is 34.0 Å². The summed E-state index contributed by atoms with van der Waals surface area (Å²) < 4.78 is 34.8. The molecule has 12 heteroatoms. The third-order valence-corrected chi connectivity index (χ3v) is 10.0. The first-order valence-electron chi connectivity index (χ1n) is 14.3. The largest absolute Gasteiger partial charge is 0.494 e. The van der Waals surface area contributed by atoms with Crippen LogP contribution in [0.3, 0.4) is 0 Å². The Hall–Kier alpha value is -2.92. The van der Waals surface area contributed by atoms with Gasteiger partial charge in [-0.2, -0.15) is 0 Å². The number of hydrogen-bond acceptors (Lipinski definition) is 6. The fourth-order valence-electron chi connectivity index (χ4n) is 4.46. The van der Waals surface area contributed by atoms with E-state index in [4.69, 9.17) is 27.9 Å². The van der Waals surface area contributed by atoms with Crippen molar-refractivity contribution in [2.24, 2.45) is 5.92 Å². The number of hydrogen-bond donors (Lipinski definition) is 1. The summed E-state index contributed by atoms with van der Waals surface area (Å²) in [6.45, 7) is 7.97. The Morgan fingerprint density at radius 2 is 1.61 bits per heavy atom. The van der Waals surface area contributed by atoms with Gasteiger partial charge in [0.05, 0.1) is 27.2 Å². The van der Waals surface area contributed by atoms with E-state index < -0.39 is 28.5 Å². The van der Waals surface area contributed by atoms with E-state index >= 15 is 0 Å². The summed E-state index contributed by atoms with van der Waals surface area (Å²) in [5, 5.41) is 3.58. The number of sulfonamides is 1. The lowest BCUT2D eigenvalue weighted by Crippen LogP contribution is -2.52. The molecule has 0 bridgehead atoms. The molecule has 2 amide bonds. The number of nitrogens with one attached hydrogen (secondary N) is 1. The average Bonchev–Trinajstić information content (AvgIpc) is 3.01. The van der Waals surface area contributed by atoms with Crippen LogP contribution in [0.5, 0.6) is 5.75 Å². The number of thioether (sulfide) groups is 1. The molecule has 3 rings (SSSR count). The SMILES string of the molecule is CCOc1ccc(N(CC(=O)N(Cc2ccc(Cl)c(Cl)c2)C(CC)C(=O)NCC(C)C)S(=O)(=O)c2ccc(SC)cc2)cc1. The predicted octanol–water partition coefficient (Wildman–Crippen LogP) is 6.89. The van der Waals surface area contributed by atoms with Crippen molar-refractivity contribution in [1.82, 2.24) is 10.2 Å². The van der Waals surface area contributed by atoms with E-state index in [1.54, 1.807) is 54.6 Å². The highest BCUT2D eigenvalue weighted by molar-refractivity contribution is 7.98. The maximum atomic E-state index is 14.2. The van der Waals surface area contributed by atoms with Gasteiger partial charge in [-0.3, -0.25) is 13.9 Å². The molecule has 8 nitrogen and oxygen atoms in total. The monoisotopic (exact) mass is 679 g/mol. The highest BCUT2D eigenvalue weighted by atomic mass is 35.5. The van der Waals surface area contributed by atoms with Crippen LogP contribution in [0.15, 0.2) is 76.5 Å². The first-order chi connectivity index (χ1) is 20.9. The van der Waals surface area contributed by atoms with Crippen molar-refractivity contribution in [2.45, 2.75) is 56.5 Å². The number of rotatable bonds is 15. The second-order valence-corrected chi connectivity index (χ2v) is 14.0. The smallest absolute Gasteiger partial charge is 0.264 e. The molecule has 0 aromatic heterocycles. The van der Waals surface area contributed by atoms with Crippen molar-refractivity contribution in [3.8, 4) is 5.75 Å².